The Labute approximate surface area is 75.7 Å². The van der Waals surface area contributed by atoms with E-state index in [1.807, 2.05) is 12.2 Å². The highest BCUT2D eigenvalue weighted by Gasteiger charge is 1.89. The summed E-state index contributed by atoms with van der Waals surface area (Å²) in [5, 5.41) is 0. The van der Waals surface area contributed by atoms with Gasteiger partial charge in [-0.05, 0) is 25.8 Å². The molecule has 68 valence electrons. The second-order valence-corrected chi connectivity index (χ2v) is 2.88. The maximum atomic E-state index is 5.42. The predicted octanol–water partition coefficient (Wildman–Crippen LogP) is 3.15. The molecular weight excluding hydrogens is 146 g/mol. The first-order chi connectivity index (χ1) is 5.70. The summed E-state index contributed by atoms with van der Waals surface area (Å²) in [5.74, 6) is 0. The summed E-state index contributed by atoms with van der Waals surface area (Å²) in [6.07, 6.45) is 9.62. The van der Waals surface area contributed by atoms with Crippen molar-refractivity contribution in [3.63, 3.8) is 0 Å². The molecule has 0 saturated heterocycles. The van der Waals surface area contributed by atoms with Crippen molar-refractivity contribution in [3.05, 3.63) is 36.1 Å². The van der Waals surface area contributed by atoms with Gasteiger partial charge in [0.25, 0.3) is 0 Å². The third-order valence-electron chi connectivity index (χ3n) is 1.70. The van der Waals surface area contributed by atoms with Crippen LogP contribution in [0.3, 0.4) is 0 Å². The number of hydrogen-bond acceptors (Lipinski definition) is 1. The Balaban J connectivity index is 3.92. The van der Waals surface area contributed by atoms with E-state index in [1.165, 1.54) is 18.4 Å². The maximum Gasteiger partial charge on any atom is 0.0241 e. The summed E-state index contributed by atoms with van der Waals surface area (Å²) in [7, 11) is 0. The van der Waals surface area contributed by atoms with Gasteiger partial charge in [-0.1, -0.05) is 37.6 Å². The molecule has 0 aromatic carbocycles. The van der Waals surface area contributed by atoms with Crippen molar-refractivity contribution in [2.75, 3.05) is 0 Å². The molecule has 12 heavy (non-hydrogen) atoms. The number of unbranched alkanes of at least 4 members (excludes halogenated alkanes) is 1. The fraction of sp³-hybridized carbons (Fsp3) is 0.455. The maximum absolute atomic E-state index is 5.42. The third-order valence-corrected chi connectivity index (χ3v) is 1.70. The molecule has 0 aromatic rings. The Morgan fingerprint density at radius 1 is 1.42 bits per heavy atom. The van der Waals surface area contributed by atoms with Crippen LogP contribution in [0.1, 0.15) is 33.1 Å². The zero-order valence-electron chi connectivity index (χ0n) is 8.14. The summed E-state index contributed by atoms with van der Waals surface area (Å²) in [4.78, 5) is 0. The Morgan fingerprint density at radius 2 is 2.08 bits per heavy atom. The summed E-state index contributed by atoms with van der Waals surface area (Å²) < 4.78 is 0. The molecule has 0 amide bonds. The standard InChI is InChI=1S/C11H19N/c1-4-6-7-11(5-2)9-8-10(3)12/h5,8-9H,3-4,6-7,12H2,1-2H3/b9-8-,11-5-. The molecule has 0 aliphatic heterocycles. The quantitative estimate of drug-likeness (QED) is 0.622. The highest BCUT2D eigenvalue weighted by molar-refractivity contribution is 5.24. The van der Waals surface area contributed by atoms with Crippen molar-refractivity contribution in [3.8, 4) is 0 Å². The SMILES string of the molecule is C=C(N)/C=C\C(=C/C)CCCC. The van der Waals surface area contributed by atoms with E-state index >= 15 is 0 Å². The van der Waals surface area contributed by atoms with Gasteiger partial charge in [0.1, 0.15) is 0 Å². The number of rotatable bonds is 5. The highest BCUT2D eigenvalue weighted by Crippen LogP contribution is 2.08. The third kappa shape index (κ3) is 5.78. The predicted molar refractivity (Wildman–Crippen MR) is 55.7 cm³/mol. The van der Waals surface area contributed by atoms with Crippen molar-refractivity contribution < 1.29 is 0 Å². The van der Waals surface area contributed by atoms with Crippen LogP contribution in [-0.4, -0.2) is 0 Å². The largest absolute Gasteiger partial charge is 0.399 e. The number of nitrogens with two attached hydrogens (primary N) is 1. The van der Waals surface area contributed by atoms with Crippen LogP contribution in [0.5, 0.6) is 0 Å². The molecule has 0 unspecified atom stereocenters. The Kier molecular flexibility index (Phi) is 6.16. The van der Waals surface area contributed by atoms with Crippen LogP contribution in [0.25, 0.3) is 0 Å². The fourth-order valence-electron chi connectivity index (χ4n) is 0.919. The smallest absolute Gasteiger partial charge is 0.0241 e. The first-order valence-electron chi connectivity index (χ1n) is 4.48. The van der Waals surface area contributed by atoms with Crippen molar-refractivity contribution in [2.24, 2.45) is 5.73 Å². The monoisotopic (exact) mass is 165 g/mol. The Bertz CT molecular complexity index is 187. The minimum absolute atomic E-state index is 0.617. The summed E-state index contributed by atoms with van der Waals surface area (Å²) in [6.45, 7) is 7.85. The lowest BCUT2D eigenvalue weighted by molar-refractivity contribution is 0.797. The lowest BCUT2D eigenvalue weighted by Crippen LogP contribution is -1.89. The van der Waals surface area contributed by atoms with E-state index in [0.717, 1.165) is 6.42 Å². The molecule has 0 bridgehead atoms. The van der Waals surface area contributed by atoms with E-state index < -0.39 is 0 Å². The van der Waals surface area contributed by atoms with Crippen molar-refractivity contribution in [1.29, 1.82) is 0 Å². The first-order valence-corrected chi connectivity index (χ1v) is 4.48. The van der Waals surface area contributed by atoms with Gasteiger partial charge in [-0.3, -0.25) is 0 Å². The van der Waals surface area contributed by atoms with Crippen LogP contribution >= 0.6 is 0 Å². The van der Waals surface area contributed by atoms with Gasteiger partial charge in [0, 0.05) is 5.70 Å². The molecule has 2 N–H and O–H groups in total. The van der Waals surface area contributed by atoms with Crippen LogP contribution in [0, 0.1) is 0 Å². The van der Waals surface area contributed by atoms with Gasteiger partial charge in [0.05, 0.1) is 0 Å². The van der Waals surface area contributed by atoms with Crippen molar-refractivity contribution in [2.45, 2.75) is 33.1 Å². The number of allylic oxidation sites excluding steroid dienone is 4. The fourth-order valence-corrected chi connectivity index (χ4v) is 0.919. The first kappa shape index (κ1) is 11.0. The normalized spacial score (nSPS) is 12.3. The van der Waals surface area contributed by atoms with Gasteiger partial charge in [-0.25, -0.2) is 0 Å². The molecule has 0 radical (unpaired) electrons. The molecule has 0 atom stereocenters. The second-order valence-electron chi connectivity index (χ2n) is 2.88. The van der Waals surface area contributed by atoms with Crippen LogP contribution in [0.2, 0.25) is 0 Å². The van der Waals surface area contributed by atoms with E-state index in [4.69, 9.17) is 5.73 Å². The van der Waals surface area contributed by atoms with Gasteiger partial charge in [-0.2, -0.15) is 0 Å². The summed E-state index contributed by atoms with van der Waals surface area (Å²) in [5.41, 5.74) is 7.37. The zero-order valence-corrected chi connectivity index (χ0v) is 8.14. The van der Waals surface area contributed by atoms with Gasteiger partial charge in [-0.15, -0.1) is 0 Å². The summed E-state index contributed by atoms with van der Waals surface area (Å²) in [6, 6.07) is 0. The molecule has 0 rings (SSSR count). The van der Waals surface area contributed by atoms with Crippen LogP contribution in [0.4, 0.5) is 0 Å². The van der Waals surface area contributed by atoms with Crippen LogP contribution in [-0.2, 0) is 0 Å². The molecule has 0 heterocycles. The topological polar surface area (TPSA) is 26.0 Å². The Hall–Kier alpha value is -0.980. The molecular formula is C11H19N. The van der Waals surface area contributed by atoms with Gasteiger partial charge in [0.2, 0.25) is 0 Å². The molecule has 0 fully saturated rings. The molecule has 0 spiro atoms. The van der Waals surface area contributed by atoms with Crippen LogP contribution in [0.15, 0.2) is 36.1 Å². The van der Waals surface area contributed by atoms with E-state index in [-0.39, 0.29) is 0 Å². The average molecular weight is 165 g/mol. The molecule has 0 saturated carbocycles. The van der Waals surface area contributed by atoms with Gasteiger partial charge < -0.3 is 5.73 Å². The molecule has 0 aliphatic rings. The second kappa shape index (κ2) is 6.71. The average Bonchev–Trinajstić information content (AvgIpc) is 2.05. The van der Waals surface area contributed by atoms with Gasteiger partial charge in [0.15, 0.2) is 0 Å². The minimum Gasteiger partial charge on any atom is -0.399 e. The van der Waals surface area contributed by atoms with E-state index in [9.17, 15) is 0 Å². The van der Waals surface area contributed by atoms with Gasteiger partial charge >= 0.3 is 0 Å². The molecule has 1 heteroatoms. The van der Waals surface area contributed by atoms with E-state index in [2.05, 4.69) is 26.5 Å². The lowest BCUT2D eigenvalue weighted by atomic mass is 10.1. The van der Waals surface area contributed by atoms with Crippen LogP contribution < -0.4 is 5.73 Å². The molecule has 0 aromatic heterocycles. The van der Waals surface area contributed by atoms with Crippen molar-refractivity contribution in [1.82, 2.24) is 0 Å². The molecule has 0 aliphatic carbocycles. The lowest BCUT2D eigenvalue weighted by Gasteiger charge is -1.98. The molecule has 1 nitrogen and oxygen atoms in total. The summed E-state index contributed by atoms with van der Waals surface area (Å²) >= 11 is 0. The zero-order chi connectivity index (χ0) is 9.40. The van der Waals surface area contributed by atoms with Crippen molar-refractivity contribution >= 4 is 0 Å². The van der Waals surface area contributed by atoms with E-state index in [0.29, 0.717) is 5.70 Å². The Morgan fingerprint density at radius 3 is 2.50 bits per heavy atom. The highest BCUT2D eigenvalue weighted by atomic mass is 14.5. The number of hydrogen-bond donors (Lipinski definition) is 1. The van der Waals surface area contributed by atoms with E-state index in [1.54, 1.807) is 0 Å². The minimum atomic E-state index is 0.617.